The highest BCUT2D eigenvalue weighted by Crippen LogP contribution is 2.24. The van der Waals surface area contributed by atoms with Crippen LogP contribution in [0.25, 0.3) is 0 Å². The third-order valence-electron chi connectivity index (χ3n) is 4.38. The fraction of sp³-hybridized carbons (Fsp3) is 0.333. The van der Waals surface area contributed by atoms with Gasteiger partial charge in [-0.15, -0.1) is 0 Å². The summed E-state index contributed by atoms with van der Waals surface area (Å²) in [6.07, 6.45) is 2.08. The molecule has 2 aromatic carbocycles. The highest BCUT2D eigenvalue weighted by atomic mass is 16.2. The second-order valence-corrected chi connectivity index (χ2v) is 6.94. The van der Waals surface area contributed by atoms with Crippen LogP contribution >= 0.6 is 0 Å². The predicted molar refractivity (Wildman–Crippen MR) is 105 cm³/mol. The molecular weight excluding hydrogens is 326 g/mol. The number of amides is 2. The number of benzene rings is 2. The highest BCUT2D eigenvalue weighted by Gasteiger charge is 2.24. The molecule has 2 amide bonds. The van der Waals surface area contributed by atoms with Crippen molar-refractivity contribution in [3.8, 4) is 0 Å². The maximum absolute atomic E-state index is 12.4. The number of hydrogen-bond acceptors (Lipinski definition) is 3. The van der Waals surface area contributed by atoms with Gasteiger partial charge in [-0.3, -0.25) is 9.59 Å². The van der Waals surface area contributed by atoms with Gasteiger partial charge in [0.15, 0.2) is 0 Å². The average Bonchev–Trinajstić information content (AvgIpc) is 3.44. The van der Waals surface area contributed by atoms with E-state index in [1.807, 2.05) is 42.5 Å². The van der Waals surface area contributed by atoms with Crippen molar-refractivity contribution in [1.29, 1.82) is 0 Å². The first kappa shape index (κ1) is 18.0. The molecule has 1 aliphatic carbocycles. The van der Waals surface area contributed by atoms with E-state index in [4.69, 9.17) is 0 Å². The first-order chi connectivity index (χ1) is 12.5. The van der Waals surface area contributed by atoms with E-state index in [0.29, 0.717) is 23.2 Å². The van der Waals surface area contributed by atoms with Crippen LogP contribution in [0.15, 0.2) is 48.5 Å². The molecule has 0 radical (unpaired) electrons. The molecule has 1 fully saturated rings. The average molecular weight is 351 g/mol. The van der Waals surface area contributed by atoms with E-state index in [1.54, 1.807) is 6.07 Å². The van der Waals surface area contributed by atoms with Crippen LogP contribution in [0.3, 0.4) is 0 Å². The molecule has 0 heterocycles. The van der Waals surface area contributed by atoms with Gasteiger partial charge >= 0.3 is 0 Å². The van der Waals surface area contributed by atoms with Gasteiger partial charge in [0.1, 0.15) is 0 Å². The zero-order valence-electron chi connectivity index (χ0n) is 15.2. The molecule has 0 aliphatic heterocycles. The number of carbonyl (C=O) groups excluding carboxylic acids is 2. The molecule has 26 heavy (non-hydrogen) atoms. The Kier molecular flexibility index (Phi) is 5.56. The van der Waals surface area contributed by atoms with Gasteiger partial charge < -0.3 is 16.0 Å². The second-order valence-electron chi connectivity index (χ2n) is 6.94. The molecule has 1 aliphatic rings. The maximum atomic E-state index is 12.4. The first-order valence-corrected chi connectivity index (χ1v) is 9.07. The van der Waals surface area contributed by atoms with Gasteiger partial charge in [0.2, 0.25) is 5.91 Å². The molecule has 3 N–H and O–H groups in total. The molecule has 2 aromatic rings. The molecule has 0 atom stereocenters. The summed E-state index contributed by atoms with van der Waals surface area (Å²) in [5.41, 5.74) is 3.16. The van der Waals surface area contributed by atoms with Crippen molar-refractivity contribution >= 4 is 23.2 Å². The predicted octanol–water partition coefficient (Wildman–Crippen LogP) is 3.75. The summed E-state index contributed by atoms with van der Waals surface area (Å²) in [7, 11) is 0. The molecule has 1 saturated carbocycles. The van der Waals surface area contributed by atoms with Gasteiger partial charge in [0.05, 0.1) is 12.1 Å². The SMILES string of the molecule is CC(C)c1ccccc1NC(=O)CNc1ccccc1C(=O)NC1CC1. The van der Waals surface area contributed by atoms with Gasteiger partial charge in [-0.1, -0.05) is 44.2 Å². The number of anilines is 2. The van der Waals surface area contributed by atoms with Crippen molar-refractivity contribution in [1.82, 2.24) is 5.32 Å². The van der Waals surface area contributed by atoms with E-state index in [0.717, 1.165) is 24.1 Å². The van der Waals surface area contributed by atoms with E-state index in [1.165, 1.54) is 0 Å². The zero-order valence-corrected chi connectivity index (χ0v) is 15.2. The fourth-order valence-corrected chi connectivity index (χ4v) is 2.81. The standard InChI is InChI=1S/C21H25N3O2/c1-14(2)16-7-3-6-10-19(16)24-20(25)13-22-18-9-5-4-8-17(18)21(26)23-15-11-12-15/h3-10,14-15,22H,11-13H2,1-2H3,(H,23,26)(H,24,25). The number of para-hydroxylation sites is 2. The molecule has 0 spiro atoms. The molecule has 0 saturated heterocycles. The Morgan fingerprint density at radius 3 is 2.35 bits per heavy atom. The summed E-state index contributed by atoms with van der Waals surface area (Å²) in [6, 6.07) is 15.4. The highest BCUT2D eigenvalue weighted by molar-refractivity contribution is 6.01. The maximum Gasteiger partial charge on any atom is 0.253 e. The van der Waals surface area contributed by atoms with Crippen LogP contribution in [0.4, 0.5) is 11.4 Å². The smallest absolute Gasteiger partial charge is 0.253 e. The minimum Gasteiger partial charge on any atom is -0.376 e. The Morgan fingerprint density at radius 2 is 1.65 bits per heavy atom. The van der Waals surface area contributed by atoms with Crippen LogP contribution in [0.1, 0.15) is 48.5 Å². The number of carbonyl (C=O) groups is 2. The van der Waals surface area contributed by atoms with Gasteiger partial charge in [-0.2, -0.15) is 0 Å². The van der Waals surface area contributed by atoms with E-state index < -0.39 is 0 Å². The van der Waals surface area contributed by atoms with Gasteiger partial charge in [-0.05, 0) is 42.5 Å². The monoisotopic (exact) mass is 351 g/mol. The van der Waals surface area contributed by atoms with Gasteiger partial charge in [0, 0.05) is 17.4 Å². The lowest BCUT2D eigenvalue weighted by atomic mass is 10.0. The van der Waals surface area contributed by atoms with Crippen LogP contribution < -0.4 is 16.0 Å². The van der Waals surface area contributed by atoms with Crippen LogP contribution in [0.5, 0.6) is 0 Å². The molecule has 5 nitrogen and oxygen atoms in total. The number of rotatable bonds is 7. The summed E-state index contributed by atoms with van der Waals surface area (Å²) in [5, 5.41) is 9.01. The number of nitrogens with one attached hydrogen (secondary N) is 3. The second kappa shape index (κ2) is 8.04. The van der Waals surface area contributed by atoms with Crippen LogP contribution in [-0.2, 0) is 4.79 Å². The van der Waals surface area contributed by atoms with Crippen molar-refractivity contribution in [2.45, 2.75) is 38.6 Å². The zero-order chi connectivity index (χ0) is 18.5. The molecule has 0 bridgehead atoms. The summed E-state index contributed by atoms with van der Waals surface area (Å²) < 4.78 is 0. The minimum absolute atomic E-state index is 0.0961. The fourth-order valence-electron chi connectivity index (χ4n) is 2.81. The Morgan fingerprint density at radius 1 is 1.00 bits per heavy atom. The van der Waals surface area contributed by atoms with Gasteiger partial charge in [0.25, 0.3) is 5.91 Å². The van der Waals surface area contributed by atoms with Gasteiger partial charge in [-0.25, -0.2) is 0 Å². The van der Waals surface area contributed by atoms with E-state index in [-0.39, 0.29) is 18.4 Å². The van der Waals surface area contributed by atoms with E-state index >= 15 is 0 Å². The lowest BCUT2D eigenvalue weighted by Gasteiger charge is -2.15. The Labute approximate surface area is 154 Å². The first-order valence-electron chi connectivity index (χ1n) is 9.07. The van der Waals surface area contributed by atoms with Crippen molar-refractivity contribution < 1.29 is 9.59 Å². The Balaban J connectivity index is 1.62. The van der Waals surface area contributed by atoms with Crippen molar-refractivity contribution in [3.63, 3.8) is 0 Å². The third-order valence-corrected chi connectivity index (χ3v) is 4.38. The summed E-state index contributed by atoms with van der Waals surface area (Å²) >= 11 is 0. The summed E-state index contributed by atoms with van der Waals surface area (Å²) in [4.78, 5) is 24.7. The molecular formula is C21H25N3O2. The molecule has 0 unspecified atom stereocenters. The number of hydrogen-bond donors (Lipinski definition) is 3. The summed E-state index contributed by atoms with van der Waals surface area (Å²) in [6.45, 7) is 4.29. The normalized spacial score (nSPS) is 13.3. The van der Waals surface area contributed by atoms with E-state index in [9.17, 15) is 9.59 Å². The quantitative estimate of drug-likeness (QED) is 0.711. The van der Waals surface area contributed by atoms with Crippen LogP contribution in [0, 0.1) is 0 Å². The van der Waals surface area contributed by atoms with Crippen molar-refractivity contribution in [2.24, 2.45) is 0 Å². The van der Waals surface area contributed by atoms with Crippen LogP contribution in [0.2, 0.25) is 0 Å². The minimum atomic E-state index is -0.143. The molecule has 136 valence electrons. The summed E-state index contributed by atoms with van der Waals surface area (Å²) in [5.74, 6) is 0.0861. The third kappa shape index (κ3) is 4.63. The van der Waals surface area contributed by atoms with Crippen molar-refractivity contribution in [2.75, 3.05) is 17.2 Å². The Hall–Kier alpha value is -2.82. The Bertz CT molecular complexity index is 797. The molecule has 5 heteroatoms. The molecule has 3 rings (SSSR count). The topological polar surface area (TPSA) is 70.2 Å². The lowest BCUT2D eigenvalue weighted by Crippen LogP contribution is -2.27. The van der Waals surface area contributed by atoms with E-state index in [2.05, 4.69) is 29.8 Å². The largest absolute Gasteiger partial charge is 0.376 e. The van der Waals surface area contributed by atoms with Crippen LogP contribution in [-0.4, -0.2) is 24.4 Å². The van der Waals surface area contributed by atoms with Crippen molar-refractivity contribution in [3.05, 3.63) is 59.7 Å². The molecule has 0 aromatic heterocycles. The lowest BCUT2D eigenvalue weighted by molar-refractivity contribution is -0.114.